The SMILES string of the molecule is C=C[N+]1=C[NH+](CCCS(=O)(=O)[O-])C=C1.C=Cn1cc[n+](CCCS(=O)(=O)[O-])c1. The number of hydrogen-bond donors (Lipinski definition) is 1. The van der Waals surface area contributed by atoms with Crippen LogP contribution in [-0.4, -0.2) is 59.5 Å². The van der Waals surface area contributed by atoms with Crippen molar-refractivity contribution in [2.24, 2.45) is 0 Å². The Morgan fingerprint density at radius 3 is 2.21 bits per heavy atom. The van der Waals surface area contributed by atoms with Crippen molar-refractivity contribution in [1.29, 1.82) is 0 Å². The van der Waals surface area contributed by atoms with Crippen LogP contribution in [0.2, 0.25) is 0 Å². The molecule has 1 aliphatic rings. The van der Waals surface area contributed by atoms with Crippen LogP contribution in [0.5, 0.6) is 0 Å². The normalized spacial score (nSPS) is 16.2. The first-order valence-electron chi connectivity index (χ1n) is 8.37. The predicted molar refractivity (Wildman–Crippen MR) is 101 cm³/mol. The molecule has 0 fully saturated rings. The highest BCUT2D eigenvalue weighted by Crippen LogP contribution is 1.90. The van der Waals surface area contributed by atoms with Crippen LogP contribution in [0.1, 0.15) is 12.8 Å². The van der Waals surface area contributed by atoms with E-state index in [1.54, 1.807) is 44.8 Å². The van der Waals surface area contributed by atoms with Gasteiger partial charge in [-0.05, 0) is 13.0 Å². The van der Waals surface area contributed by atoms with Crippen LogP contribution in [-0.2, 0) is 26.8 Å². The van der Waals surface area contributed by atoms with Gasteiger partial charge in [0.2, 0.25) is 12.5 Å². The van der Waals surface area contributed by atoms with E-state index in [1.807, 2.05) is 18.7 Å². The van der Waals surface area contributed by atoms with Gasteiger partial charge in [-0.1, -0.05) is 6.58 Å². The minimum absolute atomic E-state index is 0.299. The Kier molecular flexibility index (Phi) is 9.41. The monoisotopic (exact) mass is 433 g/mol. The van der Waals surface area contributed by atoms with Crippen molar-refractivity contribution in [2.75, 3.05) is 18.1 Å². The second kappa shape index (κ2) is 11.0. The third kappa shape index (κ3) is 10.9. The first kappa shape index (κ1) is 23.9. The fourth-order valence-corrected chi connectivity index (χ4v) is 3.23. The topological polar surface area (TPSA) is 131 Å². The van der Waals surface area contributed by atoms with Crippen LogP contribution in [0.15, 0.2) is 50.5 Å². The summed E-state index contributed by atoms with van der Waals surface area (Å²) in [6, 6.07) is 0. The minimum atomic E-state index is -4.08. The van der Waals surface area contributed by atoms with Crippen molar-refractivity contribution in [3.63, 3.8) is 0 Å². The van der Waals surface area contributed by atoms with Gasteiger partial charge >= 0.3 is 6.34 Å². The average Bonchev–Trinajstić information content (AvgIpc) is 3.22. The standard InChI is InChI=1S/2C8H12N2O3S/c2*1-2-9-5-6-10(8-9)4-3-7-14(11,12)13/h2*2,5-6,8H,1,3-4,7H2/p+1. The Morgan fingerprint density at radius 2 is 1.71 bits per heavy atom. The van der Waals surface area contributed by atoms with Crippen molar-refractivity contribution >= 4 is 32.8 Å². The Hall–Kier alpha value is -2.12. The summed E-state index contributed by atoms with van der Waals surface area (Å²) < 4.78 is 67.1. The quantitative estimate of drug-likeness (QED) is 0.345. The fourth-order valence-electron chi connectivity index (χ4n) is 2.25. The van der Waals surface area contributed by atoms with Gasteiger partial charge in [-0.2, -0.15) is 0 Å². The molecule has 156 valence electrons. The van der Waals surface area contributed by atoms with Gasteiger partial charge in [0.05, 0.1) is 39.5 Å². The molecule has 1 aliphatic heterocycles. The lowest BCUT2D eigenvalue weighted by Crippen LogP contribution is -3.06. The lowest BCUT2D eigenvalue weighted by atomic mass is 10.4. The van der Waals surface area contributed by atoms with E-state index in [0.29, 0.717) is 25.9 Å². The molecule has 12 heteroatoms. The number of quaternary nitrogens is 1. The van der Waals surface area contributed by atoms with Crippen LogP contribution in [0.25, 0.3) is 6.20 Å². The molecule has 0 aliphatic carbocycles. The molecule has 0 amide bonds. The van der Waals surface area contributed by atoms with E-state index < -0.39 is 20.2 Å². The largest absolute Gasteiger partial charge is 0.748 e. The lowest BCUT2D eigenvalue weighted by Gasteiger charge is -2.06. The number of aryl methyl sites for hydroxylation is 1. The summed E-state index contributed by atoms with van der Waals surface area (Å²) in [5.74, 6) is -0.620. The summed E-state index contributed by atoms with van der Waals surface area (Å²) in [7, 11) is -8.15. The van der Waals surface area contributed by atoms with Gasteiger partial charge in [0.15, 0.2) is 12.4 Å². The second-order valence-corrected chi connectivity index (χ2v) is 8.96. The van der Waals surface area contributed by atoms with Crippen LogP contribution < -0.4 is 9.47 Å². The first-order chi connectivity index (χ1) is 13.0. The molecule has 28 heavy (non-hydrogen) atoms. The zero-order valence-corrected chi connectivity index (χ0v) is 17.0. The molecule has 0 radical (unpaired) electrons. The highest BCUT2D eigenvalue weighted by Gasteiger charge is 2.15. The zero-order chi connectivity index (χ0) is 21.2. The van der Waals surface area contributed by atoms with Gasteiger partial charge < -0.3 is 9.11 Å². The number of nitrogens with one attached hydrogen (secondary N) is 1. The van der Waals surface area contributed by atoms with Gasteiger partial charge in [-0.25, -0.2) is 30.9 Å². The smallest absolute Gasteiger partial charge is 0.340 e. The van der Waals surface area contributed by atoms with Gasteiger partial charge in [0.1, 0.15) is 12.4 Å². The van der Waals surface area contributed by atoms with E-state index in [2.05, 4.69) is 13.2 Å². The molecule has 0 aromatic carbocycles. The van der Waals surface area contributed by atoms with Crippen molar-refractivity contribution in [3.8, 4) is 0 Å². The molecule has 1 atom stereocenters. The maximum absolute atomic E-state index is 10.3. The summed E-state index contributed by atoms with van der Waals surface area (Å²) >= 11 is 0. The Labute approximate surface area is 165 Å². The molecule has 0 bridgehead atoms. The van der Waals surface area contributed by atoms with Crippen LogP contribution >= 0.6 is 0 Å². The van der Waals surface area contributed by atoms with E-state index in [-0.39, 0.29) is 11.5 Å². The lowest BCUT2D eigenvalue weighted by molar-refractivity contribution is -0.747. The minimum Gasteiger partial charge on any atom is -0.748 e. The summed E-state index contributed by atoms with van der Waals surface area (Å²) in [5, 5.41) is 0. The molecule has 1 N–H and O–H groups in total. The maximum Gasteiger partial charge on any atom is 0.340 e. The first-order valence-corrected chi connectivity index (χ1v) is 11.5. The number of aromatic nitrogens is 2. The number of hydrogen-bond acceptors (Lipinski definition) is 6. The Balaban J connectivity index is 0.000000280. The molecular formula is C16H25N4O6S2+. The van der Waals surface area contributed by atoms with Gasteiger partial charge in [0.25, 0.3) is 0 Å². The van der Waals surface area contributed by atoms with E-state index in [0.717, 1.165) is 4.90 Å². The van der Waals surface area contributed by atoms with Crippen LogP contribution in [0.4, 0.5) is 0 Å². The molecule has 1 aromatic rings. The summed E-state index contributed by atoms with van der Waals surface area (Å²) in [6.07, 6.45) is 14.9. The van der Waals surface area contributed by atoms with Crippen LogP contribution in [0, 0.1) is 0 Å². The Morgan fingerprint density at radius 1 is 1.07 bits per heavy atom. The van der Waals surface area contributed by atoms with Gasteiger partial charge in [0, 0.05) is 17.9 Å². The van der Waals surface area contributed by atoms with E-state index in [9.17, 15) is 25.9 Å². The van der Waals surface area contributed by atoms with E-state index in [4.69, 9.17) is 0 Å². The molecule has 0 saturated heterocycles. The molecule has 10 nitrogen and oxygen atoms in total. The van der Waals surface area contributed by atoms with Crippen LogP contribution in [0.3, 0.4) is 0 Å². The summed E-state index contributed by atoms with van der Waals surface area (Å²) in [4.78, 5) is 1.01. The third-order valence-corrected chi connectivity index (χ3v) is 5.16. The average molecular weight is 434 g/mol. The van der Waals surface area contributed by atoms with Crippen molar-refractivity contribution in [1.82, 2.24) is 4.57 Å². The van der Waals surface area contributed by atoms with Gasteiger partial charge in [-0.3, -0.25) is 0 Å². The van der Waals surface area contributed by atoms with Gasteiger partial charge in [-0.15, -0.1) is 4.58 Å². The molecule has 1 aromatic heterocycles. The molecule has 1 unspecified atom stereocenters. The Bertz CT molecular complexity index is 932. The number of imidazole rings is 1. The molecule has 0 spiro atoms. The summed E-state index contributed by atoms with van der Waals surface area (Å²) in [6.45, 7) is 8.26. The zero-order valence-electron chi connectivity index (χ0n) is 15.4. The number of rotatable bonds is 10. The molecule has 0 saturated carbocycles. The van der Waals surface area contributed by atoms with E-state index in [1.165, 1.54) is 0 Å². The summed E-state index contributed by atoms with van der Waals surface area (Å²) in [5.41, 5.74) is 0. The fraction of sp³-hybridized carbons (Fsp3) is 0.375. The maximum atomic E-state index is 10.3. The van der Waals surface area contributed by atoms with E-state index >= 15 is 0 Å². The molecular weight excluding hydrogens is 408 g/mol. The third-order valence-electron chi connectivity index (χ3n) is 3.58. The van der Waals surface area contributed by atoms with Crippen molar-refractivity contribution in [3.05, 3.63) is 50.5 Å². The van der Waals surface area contributed by atoms with Crippen molar-refractivity contribution in [2.45, 2.75) is 19.4 Å². The molecule has 2 rings (SSSR count). The predicted octanol–water partition coefficient (Wildman–Crippen LogP) is -1.71. The number of nitrogens with zero attached hydrogens (tertiary/aromatic N) is 3. The highest BCUT2D eigenvalue weighted by molar-refractivity contribution is 7.85. The second-order valence-electron chi connectivity index (χ2n) is 5.91. The highest BCUT2D eigenvalue weighted by atomic mass is 32.2. The van der Waals surface area contributed by atoms with Crippen molar-refractivity contribution < 1.29 is 40.0 Å². The molecule has 2 heterocycles.